The molecule has 1 aromatic carbocycles. The van der Waals surface area contributed by atoms with Crippen LogP contribution in [0.1, 0.15) is 38.7 Å². The van der Waals surface area contributed by atoms with Crippen LogP contribution in [0.5, 0.6) is 0 Å². The van der Waals surface area contributed by atoms with Crippen molar-refractivity contribution in [2.45, 2.75) is 45.7 Å². The van der Waals surface area contributed by atoms with Crippen molar-refractivity contribution >= 4 is 41.5 Å². The summed E-state index contributed by atoms with van der Waals surface area (Å²) in [5.74, 6) is 0.913. The van der Waals surface area contributed by atoms with E-state index >= 15 is 0 Å². The third-order valence-corrected chi connectivity index (χ3v) is 4.40. The molecule has 0 radical (unpaired) electrons. The summed E-state index contributed by atoms with van der Waals surface area (Å²) < 4.78 is 0. The number of aliphatic imine (C=N–C) groups is 1. The summed E-state index contributed by atoms with van der Waals surface area (Å²) in [6, 6.07) is 8.40. The smallest absolute Gasteiger partial charge is 0.191 e. The number of nitrogens with zero attached hydrogens (tertiary/aromatic N) is 2. The van der Waals surface area contributed by atoms with E-state index in [1.165, 1.54) is 44.5 Å². The fourth-order valence-corrected chi connectivity index (χ4v) is 3.02. The van der Waals surface area contributed by atoms with E-state index in [9.17, 15) is 0 Å². The van der Waals surface area contributed by atoms with Gasteiger partial charge < -0.3 is 15.5 Å². The van der Waals surface area contributed by atoms with E-state index in [0.29, 0.717) is 12.6 Å². The molecule has 1 aliphatic heterocycles. The molecule has 1 saturated heterocycles. The Balaban J connectivity index is 0.00000288. The van der Waals surface area contributed by atoms with Gasteiger partial charge >= 0.3 is 0 Å². The van der Waals surface area contributed by atoms with E-state index < -0.39 is 0 Å². The molecule has 1 aromatic rings. The molecule has 0 aliphatic carbocycles. The average Bonchev–Trinajstić information content (AvgIpc) is 2.56. The summed E-state index contributed by atoms with van der Waals surface area (Å²) >= 11 is 5.92. The lowest BCUT2D eigenvalue weighted by atomic mass is 10.1. The van der Waals surface area contributed by atoms with Gasteiger partial charge in [0.25, 0.3) is 0 Å². The fourth-order valence-electron chi connectivity index (χ4n) is 2.89. The van der Waals surface area contributed by atoms with Gasteiger partial charge in [0.2, 0.25) is 0 Å². The van der Waals surface area contributed by atoms with Crippen molar-refractivity contribution in [3.05, 3.63) is 34.9 Å². The van der Waals surface area contributed by atoms with Crippen molar-refractivity contribution in [2.24, 2.45) is 4.99 Å². The molecular formula is C18H30ClIN4. The summed E-state index contributed by atoms with van der Waals surface area (Å²) in [5.41, 5.74) is 1.17. The number of piperidine rings is 1. The quantitative estimate of drug-likeness (QED) is 0.381. The van der Waals surface area contributed by atoms with Gasteiger partial charge in [-0.3, -0.25) is 0 Å². The maximum atomic E-state index is 5.92. The van der Waals surface area contributed by atoms with Crippen LogP contribution in [0.25, 0.3) is 0 Å². The molecule has 2 rings (SSSR count). The van der Waals surface area contributed by atoms with Crippen molar-refractivity contribution < 1.29 is 0 Å². The third-order valence-electron chi connectivity index (χ3n) is 4.15. The highest BCUT2D eigenvalue weighted by Crippen LogP contribution is 2.12. The third kappa shape index (κ3) is 7.57. The standard InChI is InChI=1S/C18H29ClN4.HI/c1-3-11-23-12-9-17(10-13-23)22-18(20-4-2)21-14-15-5-7-16(19)8-6-15;/h5-8,17H,3-4,9-14H2,1-2H3,(H2,20,21,22);1H. The van der Waals surface area contributed by atoms with E-state index in [-0.39, 0.29) is 24.0 Å². The molecule has 0 spiro atoms. The summed E-state index contributed by atoms with van der Waals surface area (Å²) in [6.07, 6.45) is 3.61. The molecule has 0 saturated carbocycles. The summed E-state index contributed by atoms with van der Waals surface area (Å²) in [7, 11) is 0. The predicted molar refractivity (Wildman–Crippen MR) is 115 cm³/mol. The first-order valence-electron chi connectivity index (χ1n) is 8.73. The summed E-state index contributed by atoms with van der Waals surface area (Å²) in [6.45, 7) is 9.48. The molecule has 1 fully saturated rings. The molecule has 6 heteroatoms. The van der Waals surface area contributed by atoms with Crippen molar-refractivity contribution in [3.8, 4) is 0 Å². The Morgan fingerprint density at radius 2 is 1.88 bits per heavy atom. The largest absolute Gasteiger partial charge is 0.357 e. The van der Waals surface area contributed by atoms with Gasteiger partial charge in [0.05, 0.1) is 6.54 Å². The monoisotopic (exact) mass is 464 g/mol. The Bertz CT molecular complexity index is 484. The molecule has 24 heavy (non-hydrogen) atoms. The van der Waals surface area contributed by atoms with Gasteiger partial charge in [-0.25, -0.2) is 4.99 Å². The minimum absolute atomic E-state index is 0. The lowest BCUT2D eigenvalue weighted by Crippen LogP contribution is -2.48. The number of nitrogens with one attached hydrogen (secondary N) is 2. The van der Waals surface area contributed by atoms with Crippen molar-refractivity contribution in [3.63, 3.8) is 0 Å². The first kappa shape index (κ1) is 21.5. The number of hydrogen-bond acceptors (Lipinski definition) is 2. The van der Waals surface area contributed by atoms with Gasteiger partial charge in [-0.2, -0.15) is 0 Å². The van der Waals surface area contributed by atoms with Crippen molar-refractivity contribution in [2.75, 3.05) is 26.2 Å². The maximum Gasteiger partial charge on any atom is 0.191 e. The maximum absolute atomic E-state index is 5.92. The van der Waals surface area contributed by atoms with Crippen LogP contribution in [-0.4, -0.2) is 43.1 Å². The van der Waals surface area contributed by atoms with Crippen LogP contribution in [0.4, 0.5) is 0 Å². The SMILES string of the molecule is CCCN1CCC(NC(=NCc2ccc(Cl)cc2)NCC)CC1.I. The van der Waals surface area contributed by atoms with Gasteiger partial charge in [0.15, 0.2) is 5.96 Å². The van der Waals surface area contributed by atoms with Crippen LogP contribution in [0, 0.1) is 0 Å². The second kappa shape index (κ2) is 11.9. The Morgan fingerprint density at radius 1 is 1.21 bits per heavy atom. The topological polar surface area (TPSA) is 39.7 Å². The molecule has 0 aromatic heterocycles. The molecule has 0 atom stereocenters. The summed E-state index contributed by atoms with van der Waals surface area (Å²) in [5, 5.41) is 7.70. The second-order valence-electron chi connectivity index (χ2n) is 6.08. The zero-order valence-electron chi connectivity index (χ0n) is 14.7. The molecule has 2 N–H and O–H groups in total. The van der Waals surface area contributed by atoms with Crippen LogP contribution >= 0.6 is 35.6 Å². The van der Waals surface area contributed by atoms with E-state index in [0.717, 1.165) is 17.5 Å². The molecule has 0 amide bonds. The van der Waals surface area contributed by atoms with Gasteiger partial charge in [-0.1, -0.05) is 30.7 Å². The normalized spacial score (nSPS) is 16.5. The number of hydrogen-bond donors (Lipinski definition) is 2. The minimum atomic E-state index is 0. The van der Waals surface area contributed by atoms with Gasteiger partial charge in [-0.15, -0.1) is 24.0 Å². The number of guanidine groups is 1. The van der Waals surface area contributed by atoms with Crippen LogP contribution in [0.15, 0.2) is 29.3 Å². The predicted octanol–water partition coefficient (Wildman–Crippen LogP) is 3.89. The molecular weight excluding hydrogens is 435 g/mol. The lowest BCUT2D eigenvalue weighted by molar-refractivity contribution is 0.206. The first-order valence-corrected chi connectivity index (χ1v) is 9.10. The van der Waals surface area contributed by atoms with Crippen LogP contribution < -0.4 is 10.6 Å². The Hall–Kier alpha value is -0.530. The van der Waals surface area contributed by atoms with Crippen LogP contribution in [0.3, 0.4) is 0 Å². The number of benzene rings is 1. The van der Waals surface area contributed by atoms with Crippen LogP contribution in [0.2, 0.25) is 5.02 Å². The van der Waals surface area contributed by atoms with Gasteiger partial charge in [-0.05, 0) is 50.4 Å². The van der Waals surface area contributed by atoms with Crippen LogP contribution in [-0.2, 0) is 6.54 Å². The molecule has 136 valence electrons. The number of likely N-dealkylation sites (tertiary alicyclic amines) is 1. The molecule has 1 heterocycles. The highest BCUT2D eigenvalue weighted by atomic mass is 127. The number of rotatable bonds is 6. The van der Waals surface area contributed by atoms with E-state index in [4.69, 9.17) is 16.6 Å². The highest BCUT2D eigenvalue weighted by molar-refractivity contribution is 14.0. The fraction of sp³-hybridized carbons (Fsp3) is 0.611. The Morgan fingerprint density at radius 3 is 2.46 bits per heavy atom. The van der Waals surface area contributed by atoms with E-state index in [1.807, 2.05) is 24.3 Å². The Labute approximate surface area is 168 Å². The van der Waals surface area contributed by atoms with E-state index in [2.05, 4.69) is 29.4 Å². The van der Waals surface area contributed by atoms with Crippen molar-refractivity contribution in [1.82, 2.24) is 15.5 Å². The zero-order chi connectivity index (χ0) is 16.5. The van der Waals surface area contributed by atoms with Gasteiger partial charge in [0, 0.05) is 30.7 Å². The zero-order valence-corrected chi connectivity index (χ0v) is 17.8. The molecule has 0 bridgehead atoms. The molecule has 4 nitrogen and oxygen atoms in total. The summed E-state index contributed by atoms with van der Waals surface area (Å²) in [4.78, 5) is 7.25. The first-order chi connectivity index (χ1) is 11.2. The highest BCUT2D eigenvalue weighted by Gasteiger charge is 2.19. The average molecular weight is 465 g/mol. The van der Waals surface area contributed by atoms with E-state index in [1.54, 1.807) is 0 Å². The Kier molecular flexibility index (Phi) is 10.7. The van der Waals surface area contributed by atoms with Crippen molar-refractivity contribution in [1.29, 1.82) is 0 Å². The minimum Gasteiger partial charge on any atom is -0.357 e. The molecule has 1 aliphatic rings. The number of halogens is 2. The molecule has 0 unspecified atom stereocenters. The lowest BCUT2D eigenvalue weighted by Gasteiger charge is -2.32. The second-order valence-corrected chi connectivity index (χ2v) is 6.52. The van der Waals surface area contributed by atoms with Gasteiger partial charge in [0.1, 0.15) is 0 Å².